The quantitative estimate of drug-likeness (QED) is 0.215. The highest BCUT2D eigenvalue weighted by molar-refractivity contribution is 7.92. The minimum Gasteiger partial charge on any atom is -0.484 e. The molecular weight excluding hydrogens is 600 g/mol. The molecule has 4 aromatic carbocycles. The number of carbonyl (C=O) groups is 2. The Labute approximate surface area is 253 Å². The summed E-state index contributed by atoms with van der Waals surface area (Å²) in [6.45, 7) is 1.37. The molecule has 0 bridgehead atoms. The topological polar surface area (TPSA) is 105 Å². The fraction of sp³-hybridized carbons (Fsp3) is 0.161. The van der Waals surface area contributed by atoms with Crippen molar-refractivity contribution in [1.29, 1.82) is 0 Å². The summed E-state index contributed by atoms with van der Waals surface area (Å²) in [7, 11) is -3.95. The van der Waals surface area contributed by atoms with Crippen LogP contribution in [0.25, 0.3) is 0 Å². The van der Waals surface area contributed by atoms with Crippen molar-refractivity contribution < 1.29 is 31.5 Å². The van der Waals surface area contributed by atoms with E-state index in [0.717, 1.165) is 17.7 Å². The molecule has 1 atom stereocenters. The number of rotatable bonds is 12. The van der Waals surface area contributed by atoms with Gasteiger partial charge in [0, 0.05) is 23.8 Å². The molecule has 0 heterocycles. The number of halogens is 3. The van der Waals surface area contributed by atoms with Gasteiger partial charge in [0.05, 0.1) is 4.90 Å². The van der Waals surface area contributed by atoms with Gasteiger partial charge in [-0.1, -0.05) is 35.9 Å². The van der Waals surface area contributed by atoms with E-state index >= 15 is 0 Å². The van der Waals surface area contributed by atoms with Gasteiger partial charge in [-0.3, -0.25) is 14.3 Å². The van der Waals surface area contributed by atoms with Crippen molar-refractivity contribution in [1.82, 2.24) is 10.2 Å². The second-order valence-electron chi connectivity index (χ2n) is 9.54. The third kappa shape index (κ3) is 9.00. The zero-order valence-electron chi connectivity index (χ0n) is 23.0. The fourth-order valence-electron chi connectivity index (χ4n) is 3.98. The van der Waals surface area contributed by atoms with Gasteiger partial charge in [-0.2, -0.15) is 0 Å². The van der Waals surface area contributed by atoms with Crippen LogP contribution in [0.5, 0.6) is 5.75 Å². The maximum absolute atomic E-state index is 13.5. The summed E-state index contributed by atoms with van der Waals surface area (Å²) in [4.78, 5) is 27.6. The third-order valence-corrected chi connectivity index (χ3v) is 8.06. The summed E-state index contributed by atoms with van der Waals surface area (Å²) in [6.07, 6.45) is 0. The van der Waals surface area contributed by atoms with Gasteiger partial charge >= 0.3 is 0 Å². The van der Waals surface area contributed by atoms with Crippen LogP contribution in [0.1, 0.15) is 18.1 Å². The molecule has 0 saturated heterocycles. The molecule has 4 aromatic rings. The zero-order chi connectivity index (χ0) is 31.0. The van der Waals surface area contributed by atoms with Crippen molar-refractivity contribution in [3.8, 4) is 5.75 Å². The van der Waals surface area contributed by atoms with E-state index in [1.807, 2.05) is 0 Å². The van der Waals surface area contributed by atoms with Gasteiger partial charge in [-0.05, 0) is 90.8 Å². The number of ether oxygens (including phenoxy) is 1. The molecule has 224 valence electrons. The Morgan fingerprint density at radius 1 is 0.837 bits per heavy atom. The van der Waals surface area contributed by atoms with Gasteiger partial charge in [0.15, 0.2) is 6.61 Å². The van der Waals surface area contributed by atoms with Crippen LogP contribution in [0.2, 0.25) is 5.02 Å². The van der Waals surface area contributed by atoms with Crippen LogP contribution in [0, 0.1) is 11.6 Å². The predicted octanol–water partition coefficient (Wildman–Crippen LogP) is 5.53. The lowest BCUT2D eigenvalue weighted by Gasteiger charge is -2.28. The maximum Gasteiger partial charge on any atom is 0.261 e. The molecular formula is C31H28ClF2N3O5S. The molecule has 0 aliphatic carbocycles. The lowest BCUT2D eigenvalue weighted by molar-refractivity contribution is -0.142. The molecule has 0 aliphatic rings. The Morgan fingerprint density at radius 3 is 2.00 bits per heavy atom. The Kier molecular flexibility index (Phi) is 10.3. The first-order chi connectivity index (χ1) is 20.5. The number of benzene rings is 4. The van der Waals surface area contributed by atoms with E-state index in [0.29, 0.717) is 10.6 Å². The molecule has 0 saturated carbocycles. The normalized spacial score (nSPS) is 11.8. The van der Waals surface area contributed by atoms with Crippen molar-refractivity contribution in [2.24, 2.45) is 0 Å². The van der Waals surface area contributed by atoms with Crippen molar-refractivity contribution in [3.05, 3.63) is 125 Å². The van der Waals surface area contributed by atoms with Crippen LogP contribution >= 0.6 is 11.6 Å². The molecule has 43 heavy (non-hydrogen) atoms. The van der Waals surface area contributed by atoms with Crippen LogP contribution in [0.15, 0.2) is 102 Å². The minimum atomic E-state index is -3.95. The molecule has 0 radical (unpaired) electrons. The van der Waals surface area contributed by atoms with Gasteiger partial charge in [-0.25, -0.2) is 17.2 Å². The van der Waals surface area contributed by atoms with E-state index in [9.17, 15) is 26.8 Å². The lowest BCUT2D eigenvalue weighted by atomic mass is 10.1. The first kappa shape index (κ1) is 31.5. The molecule has 4 rings (SSSR count). The molecule has 0 fully saturated rings. The first-order valence-corrected chi connectivity index (χ1v) is 14.9. The zero-order valence-corrected chi connectivity index (χ0v) is 24.5. The largest absolute Gasteiger partial charge is 0.484 e. The Bertz CT molecular complexity index is 1650. The lowest BCUT2D eigenvalue weighted by Crippen LogP contribution is -2.48. The summed E-state index contributed by atoms with van der Waals surface area (Å²) in [6, 6.07) is 21.9. The molecule has 0 aliphatic heterocycles. The Morgan fingerprint density at radius 2 is 1.40 bits per heavy atom. The molecule has 2 N–H and O–H groups in total. The van der Waals surface area contributed by atoms with E-state index in [1.54, 1.807) is 31.2 Å². The summed E-state index contributed by atoms with van der Waals surface area (Å²) < 4.78 is 59.9. The van der Waals surface area contributed by atoms with E-state index < -0.39 is 46.1 Å². The Balaban J connectivity index is 1.41. The second kappa shape index (κ2) is 14.1. The van der Waals surface area contributed by atoms with Crippen LogP contribution < -0.4 is 14.8 Å². The summed E-state index contributed by atoms with van der Waals surface area (Å²) in [5, 5.41) is 3.37. The second-order valence-corrected chi connectivity index (χ2v) is 11.7. The molecule has 0 aromatic heterocycles. The number of carbonyl (C=O) groups excluding carboxylic acids is 2. The number of hydrogen-bond acceptors (Lipinski definition) is 5. The summed E-state index contributed by atoms with van der Waals surface area (Å²) in [5.41, 5.74) is 1.62. The SMILES string of the molecule is C[C@H](C(=O)NCc1ccc(Cl)cc1)N(Cc1ccc(F)cc1)C(=O)COc1ccc(S(=O)(=O)Nc2ccc(F)cc2)cc1. The minimum absolute atomic E-state index is 0.0181. The van der Waals surface area contributed by atoms with Crippen LogP contribution in [0.3, 0.4) is 0 Å². The van der Waals surface area contributed by atoms with Crippen molar-refractivity contribution in [3.63, 3.8) is 0 Å². The summed E-state index contributed by atoms with van der Waals surface area (Å²) in [5.74, 6) is -1.64. The van der Waals surface area contributed by atoms with Gasteiger partial charge in [0.1, 0.15) is 23.4 Å². The highest BCUT2D eigenvalue weighted by Crippen LogP contribution is 2.20. The van der Waals surface area contributed by atoms with E-state index in [1.165, 1.54) is 65.6 Å². The van der Waals surface area contributed by atoms with Crippen LogP contribution in [-0.2, 0) is 32.7 Å². The third-order valence-electron chi connectivity index (χ3n) is 6.41. The van der Waals surface area contributed by atoms with Crippen LogP contribution in [0.4, 0.5) is 14.5 Å². The monoisotopic (exact) mass is 627 g/mol. The molecule has 8 nitrogen and oxygen atoms in total. The predicted molar refractivity (Wildman–Crippen MR) is 159 cm³/mol. The number of amides is 2. The summed E-state index contributed by atoms with van der Waals surface area (Å²) >= 11 is 5.92. The highest BCUT2D eigenvalue weighted by atomic mass is 35.5. The van der Waals surface area contributed by atoms with Gasteiger partial charge in [-0.15, -0.1) is 0 Å². The smallest absolute Gasteiger partial charge is 0.261 e. The number of nitrogens with one attached hydrogen (secondary N) is 2. The highest BCUT2D eigenvalue weighted by Gasteiger charge is 2.26. The van der Waals surface area contributed by atoms with E-state index in [2.05, 4.69) is 10.0 Å². The average Bonchev–Trinajstić information content (AvgIpc) is 3.00. The number of nitrogens with zero attached hydrogens (tertiary/aromatic N) is 1. The first-order valence-electron chi connectivity index (χ1n) is 13.1. The number of anilines is 1. The fourth-order valence-corrected chi connectivity index (χ4v) is 5.17. The molecule has 2 amide bonds. The van der Waals surface area contributed by atoms with Gasteiger partial charge in [0.25, 0.3) is 15.9 Å². The van der Waals surface area contributed by atoms with Gasteiger partial charge < -0.3 is 15.0 Å². The number of sulfonamides is 1. The number of hydrogen-bond donors (Lipinski definition) is 2. The Hall–Kier alpha value is -4.48. The van der Waals surface area contributed by atoms with Crippen LogP contribution in [-0.4, -0.2) is 37.8 Å². The van der Waals surface area contributed by atoms with Crippen molar-refractivity contribution >= 4 is 39.1 Å². The molecule has 0 unspecified atom stereocenters. The average molecular weight is 628 g/mol. The molecule has 12 heteroatoms. The maximum atomic E-state index is 13.5. The van der Waals surface area contributed by atoms with Crippen molar-refractivity contribution in [2.75, 3.05) is 11.3 Å². The van der Waals surface area contributed by atoms with E-state index in [4.69, 9.17) is 16.3 Å². The van der Waals surface area contributed by atoms with Crippen molar-refractivity contribution in [2.45, 2.75) is 31.0 Å². The standard InChI is InChI=1S/C31H28ClF2N3O5S/c1-21(31(39)35-18-22-2-6-24(32)7-3-22)37(19-23-4-8-25(33)9-5-23)30(38)20-42-28-14-16-29(17-15-28)43(40,41)36-27-12-10-26(34)11-13-27/h2-17,21,36H,18-20H2,1H3,(H,35,39)/t21-/m1/s1. The van der Waals surface area contributed by atoms with E-state index in [-0.39, 0.29) is 29.4 Å². The molecule has 0 spiro atoms. The van der Waals surface area contributed by atoms with Gasteiger partial charge in [0.2, 0.25) is 5.91 Å².